The first-order valence-electron chi connectivity index (χ1n) is 9.46. The summed E-state index contributed by atoms with van der Waals surface area (Å²) >= 11 is 0. The number of ether oxygens (including phenoxy) is 2. The van der Waals surface area contributed by atoms with E-state index in [-0.39, 0.29) is 0 Å². The Kier molecular flexibility index (Phi) is 9.25. The van der Waals surface area contributed by atoms with Crippen LogP contribution >= 0.6 is 0 Å². The first-order valence-corrected chi connectivity index (χ1v) is 9.46. The van der Waals surface area contributed by atoms with E-state index in [1.54, 1.807) is 12.1 Å². The van der Waals surface area contributed by atoms with E-state index in [1.165, 1.54) is 12.8 Å². The average molecular weight is 348 g/mol. The van der Waals surface area contributed by atoms with Gasteiger partial charge in [0, 0.05) is 0 Å². The molecule has 4 nitrogen and oxygen atoms in total. The second-order valence-corrected chi connectivity index (χ2v) is 6.55. The van der Waals surface area contributed by atoms with Crippen molar-refractivity contribution in [2.24, 2.45) is 5.41 Å². The van der Waals surface area contributed by atoms with E-state index < -0.39 is 17.4 Å². The molecule has 0 unspecified atom stereocenters. The Balaban J connectivity index is 2.67. The van der Waals surface area contributed by atoms with Gasteiger partial charge in [0.05, 0.1) is 6.61 Å². The smallest absolute Gasteiger partial charge is 0.328 e. The fourth-order valence-corrected chi connectivity index (χ4v) is 2.80. The summed E-state index contributed by atoms with van der Waals surface area (Å²) in [6.45, 7) is 8.10. The van der Waals surface area contributed by atoms with Crippen molar-refractivity contribution in [2.45, 2.75) is 72.6 Å². The molecule has 25 heavy (non-hydrogen) atoms. The van der Waals surface area contributed by atoms with Crippen LogP contribution in [-0.2, 0) is 14.3 Å². The molecule has 0 atom stereocenters. The second-order valence-electron chi connectivity index (χ2n) is 6.55. The molecule has 4 heteroatoms. The second kappa shape index (κ2) is 10.9. The fourth-order valence-electron chi connectivity index (χ4n) is 2.80. The topological polar surface area (TPSA) is 52.6 Å². The van der Waals surface area contributed by atoms with Crippen molar-refractivity contribution in [3.8, 4) is 5.75 Å². The minimum Gasteiger partial charge on any atom is -0.465 e. The molecule has 0 saturated heterocycles. The predicted molar refractivity (Wildman–Crippen MR) is 99.5 cm³/mol. The normalized spacial score (nSPS) is 11.2. The number of unbranched alkanes of at least 4 members (excludes halogenated alkanes) is 4. The number of carbonyl (C=O) groups is 2. The summed E-state index contributed by atoms with van der Waals surface area (Å²) in [4.78, 5) is 25.3. The van der Waals surface area contributed by atoms with Gasteiger partial charge in [0.15, 0.2) is 5.41 Å². The summed E-state index contributed by atoms with van der Waals surface area (Å²) in [5.74, 6) is -0.534. The third-order valence-electron chi connectivity index (χ3n) is 4.67. The van der Waals surface area contributed by atoms with E-state index in [2.05, 4.69) is 6.92 Å². The average Bonchev–Trinajstić information content (AvgIpc) is 2.59. The molecule has 0 spiro atoms. The van der Waals surface area contributed by atoms with Crippen molar-refractivity contribution in [3.63, 3.8) is 0 Å². The highest BCUT2D eigenvalue weighted by Gasteiger charge is 2.46. The van der Waals surface area contributed by atoms with Gasteiger partial charge < -0.3 is 9.47 Å². The lowest BCUT2D eigenvalue weighted by Crippen LogP contribution is -2.42. The molecule has 0 aliphatic rings. The van der Waals surface area contributed by atoms with Crippen LogP contribution in [0.15, 0.2) is 24.3 Å². The first kappa shape index (κ1) is 21.2. The van der Waals surface area contributed by atoms with Crippen LogP contribution in [0.3, 0.4) is 0 Å². The number of hydrogen-bond acceptors (Lipinski definition) is 4. The number of aryl methyl sites for hydroxylation is 1. The molecule has 140 valence electrons. The van der Waals surface area contributed by atoms with Crippen LogP contribution in [-0.4, -0.2) is 18.5 Å². The molecule has 0 amide bonds. The monoisotopic (exact) mass is 348 g/mol. The minimum absolute atomic E-state index is 0.363. The van der Waals surface area contributed by atoms with E-state index in [1.807, 2.05) is 32.9 Å². The predicted octanol–water partition coefficient (Wildman–Crippen LogP) is 5.22. The third-order valence-corrected chi connectivity index (χ3v) is 4.67. The zero-order chi connectivity index (χ0) is 18.7. The van der Waals surface area contributed by atoms with Gasteiger partial charge in [-0.2, -0.15) is 0 Å². The summed E-state index contributed by atoms with van der Waals surface area (Å²) in [6, 6.07) is 7.26. The lowest BCUT2D eigenvalue weighted by atomic mass is 9.82. The standard InChI is InChI=1S/C21H32O4/c1-5-8-9-10-11-15-24-19(22)21(6-2,7-3)20(23)25-18-14-12-13-17(4)16-18/h12-14,16H,5-11,15H2,1-4H3. The largest absolute Gasteiger partial charge is 0.465 e. The van der Waals surface area contributed by atoms with Crippen molar-refractivity contribution in [2.75, 3.05) is 6.61 Å². The molecule has 0 heterocycles. The Hall–Kier alpha value is -1.84. The summed E-state index contributed by atoms with van der Waals surface area (Å²) in [6.07, 6.45) is 6.13. The van der Waals surface area contributed by atoms with E-state index in [0.717, 1.165) is 24.8 Å². The van der Waals surface area contributed by atoms with Crippen molar-refractivity contribution in [1.29, 1.82) is 0 Å². The Labute approximate surface area is 151 Å². The Bertz CT molecular complexity index is 547. The van der Waals surface area contributed by atoms with E-state index in [4.69, 9.17) is 9.47 Å². The number of hydrogen-bond donors (Lipinski definition) is 0. The van der Waals surface area contributed by atoms with E-state index >= 15 is 0 Å². The van der Waals surface area contributed by atoms with Gasteiger partial charge in [-0.3, -0.25) is 9.59 Å². The molecule has 0 N–H and O–H groups in total. The molecular formula is C21H32O4. The van der Waals surface area contributed by atoms with Crippen LogP contribution in [0.25, 0.3) is 0 Å². The number of rotatable bonds is 11. The molecule has 1 aromatic carbocycles. The summed E-state index contributed by atoms with van der Waals surface area (Å²) in [7, 11) is 0. The lowest BCUT2D eigenvalue weighted by molar-refractivity contribution is -0.168. The maximum atomic E-state index is 12.7. The van der Waals surface area contributed by atoms with E-state index in [9.17, 15) is 9.59 Å². The summed E-state index contributed by atoms with van der Waals surface area (Å²) in [5.41, 5.74) is -0.230. The van der Waals surface area contributed by atoms with Crippen LogP contribution in [0, 0.1) is 12.3 Å². The molecular weight excluding hydrogens is 316 g/mol. The number of carbonyl (C=O) groups excluding carboxylic acids is 2. The Morgan fingerprint density at radius 1 is 0.960 bits per heavy atom. The van der Waals surface area contributed by atoms with Crippen LogP contribution in [0.4, 0.5) is 0 Å². The molecule has 0 fully saturated rings. The molecule has 0 aliphatic carbocycles. The first-order chi connectivity index (χ1) is 12.0. The van der Waals surface area contributed by atoms with Gasteiger partial charge in [-0.25, -0.2) is 0 Å². The van der Waals surface area contributed by atoms with Gasteiger partial charge in [0.25, 0.3) is 0 Å². The summed E-state index contributed by atoms with van der Waals surface area (Å²) in [5, 5.41) is 0. The molecule has 0 aromatic heterocycles. The quantitative estimate of drug-likeness (QED) is 0.238. The SMILES string of the molecule is CCCCCCCOC(=O)C(CC)(CC)C(=O)Oc1cccc(C)c1. The molecule has 0 saturated carbocycles. The maximum Gasteiger partial charge on any atom is 0.328 e. The Morgan fingerprint density at radius 2 is 1.64 bits per heavy atom. The van der Waals surface area contributed by atoms with Crippen LogP contribution in [0.2, 0.25) is 0 Å². The zero-order valence-electron chi connectivity index (χ0n) is 16.1. The minimum atomic E-state index is -1.23. The lowest BCUT2D eigenvalue weighted by Gasteiger charge is -2.26. The van der Waals surface area contributed by atoms with Crippen LogP contribution in [0.1, 0.15) is 71.3 Å². The number of esters is 2. The zero-order valence-corrected chi connectivity index (χ0v) is 16.1. The highest BCUT2D eigenvalue weighted by molar-refractivity contribution is 6.00. The molecule has 1 aromatic rings. The maximum absolute atomic E-state index is 12.7. The molecule has 1 rings (SSSR count). The number of benzene rings is 1. The van der Waals surface area contributed by atoms with Crippen LogP contribution in [0.5, 0.6) is 5.75 Å². The van der Waals surface area contributed by atoms with Crippen molar-refractivity contribution < 1.29 is 19.1 Å². The molecule has 0 aliphatic heterocycles. The van der Waals surface area contributed by atoms with Crippen molar-refractivity contribution in [3.05, 3.63) is 29.8 Å². The van der Waals surface area contributed by atoms with Crippen molar-refractivity contribution >= 4 is 11.9 Å². The van der Waals surface area contributed by atoms with Gasteiger partial charge in [0.2, 0.25) is 0 Å². The van der Waals surface area contributed by atoms with Gasteiger partial charge in [0.1, 0.15) is 5.75 Å². The molecule has 0 bridgehead atoms. The van der Waals surface area contributed by atoms with Gasteiger partial charge in [-0.1, -0.05) is 58.6 Å². The summed E-state index contributed by atoms with van der Waals surface area (Å²) < 4.78 is 10.9. The van der Waals surface area contributed by atoms with E-state index in [0.29, 0.717) is 25.2 Å². The van der Waals surface area contributed by atoms with Gasteiger partial charge >= 0.3 is 11.9 Å². The highest BCUT2D eigenvalue weighted by Crippen LogP contribution is 2.31. The molecule has 0 radical (unpaired) electrons. The van der Waals surface area contributed by atoms with Gasteiger partial charge in [-0.05, 0) is 43.9 Å². The highest BCUT2D eigenvalue weighted by atomic mass is 16.6. The third kappa shape index (κ3) is 6.18. The van der Waals surface area contributed by atoms with Crippen molar-refractivity contribution in [1.82, 2.24) is 0 Å². The van der Waals surface area contributed by atoms with Gasteiger partial charge in [-0.15, -0.1) is 0 Å². The van der Waals surface area contributed by atoms with Crippen LogP contribution < -0.4 is 4.74 Å². The fraction of sp³-hybridized carbons (Fsp3) is 0.619. The Morgan fingerprint density at radius 3 is 2.24 bits per heavy atom.